The van der Waals surface area contributed by atoms with Gasteiger partial charge in [0.05, 0.1) is 5.41 Å². The molecule has 0 atom stereocenters. The normalized spacial score (nSPS) is 19.4. The van der Waals surface area contributed by atoms with Gasteiger partial charge in [-0.25, -0.2) is 8.42 Å². The third-order valence-corrected chi connectivity index (χ3v) is 6.98. The zero-order valence-electron chi connectivity index (χ0n) is 10.9. The third-order valence-electron chi connectivity index (χ3n) is 3.63. The molecule has 0 spiro atoms. The number of hydrogen-bond acceptors (Lipinski definition) is 5. The van der Waals surface area contributed by atoms with Crippen molar-refractivity contribution in [3.05, 3.63) is 17.0 Å². The Hall–Kier alpha value is -1.43. The molecule has 20 heavy (non-hydrogen) atoms. The van der Waals surface area contributed by atoms with Crippen LogP contribution in [0.4, 0.5) is 0 Å². The smallest absolute Gasteiger partial charge is 0.309 e. The molecule has 8 heteroatoms. The standard InChI is InChI=1S/C12H14N2O4S2/c1-12(11(15)16)4-6-14(7-5-12)20(17,18)10-3-2-9(8-13)19-10/h2-3H,4-7H2,1H3,(H,15,16). The molecular formula is C12H14N2O4S2. The Balaban J connectivity index is 2.18. The van der Waals surface area contributed by atoms with Crippen LogP contribution in [0.15, 0.2) is 16.3 Å². The molecular weight excluding hydrogens is 300 g/mol. The van der Waals surface area contributed by atoms with E-state index in [4.69, 9.17) is 10.4 Å². The summed E-state index contributed by atoms with van der Waals surface area (Å²) in [5.74, 6) is -0.891. The van der Waals surface area contributed by atoms with Crippen molar-refractivity contribution in [3.8, 4) is 6.07 Å². The topological polar surface area (TPSA) is 98.5 Å². The molecule has 0 radical (unpaired) electrons. The monoisotopic (exact) mass is 314 g/mol. The van der Waals surface area contributed by atoms with Crippen LogP contribution in [0.3, 0.4) is 0 Å². The van der Waals surface area contributed by atoms with E-state index in [1.54, 1.807) is 6.92 Å². The lowest BCUT2D eigenvalue weighted by atomic mass is 9.81. The first kappa shape index (κ1) is 15.0. The number of thiophene rings is 1. The first-order chi connectivity index (χ1) is 9.29. The predicted molar refractivity (Wildman–Crippen MR) is 72.8 cm³/mol. The predicted octanol–water partition coefficient (Wildman–Crippen LogP) is 1.50. The molecule has 1 aromatic rings. The van der Waals surface area contributed by atoms with Crippen LogP contribution in [0.1, 0.15) is 24.6 Å². The van der Waals surface area contributed by atoms with E-state index >= 15 is 0 Å². The molecule has 0 amide bonds. The molecule has 2 rings (SSSR count). The highest BCUT2D eigenvalue weighted by molar-refractivity contribution is 7.91. The van der Waals surface area contributed by atoms with Gasteiger partial charge in [-0.05, 0) is 31.9 Å². The van der Waals surface area contributed by atoms with E-state index in [9.17, 15) is 13.2 Å². The van der Waals surface area contributed by atoms with E-state index in [1.807, 2.05) is 6.07 Å². The first-order valence-electron chi connectivity index (χ1n) is 6.03. The molecule has 0 saturated carbocycles. The van der Waals surface area contributed by atoms with Gasteiger partial charge in [-0.1, -0.05) is 0 Å². The summed E-state index contributed by atoms with van der Waals surface area (Å²) in [5, 5.41) is 17.9. The number of nitriles is 1. The lowest BCUT2D eigenvalue weighted by Crippen LogP contribution is -2.44. The fraction of sp³-hybridized carbons (Fsp3) is 0.500. The lowest BCUT2D eigenvalue weighted by Gasteiger charge is -2.35. The summed E-state index contributed by atoms with van der Waals surface area (Å²) in [6, 6.07) is 4.80. The lowest BCUT2D eigenvalue weighted by molar-refractivity contribution is -0.150. The zero-order valence-corrected chi connectivity index (χ0v) is 12.5. The molecule has 0 unspecified atom stereocenters. The number of piperidine rings is 1. The van der Waals surface area contributed by atoms with Crippen molar-refractivity contribution < 1.29 is 18.3 Å². The molecule has 1 aromatic heterocycles. The second-order valence-electron chi connectivity index (χ2n) is 5.00. The number of aliphatic carboxylic acids is 1. The first-order valence-corrected chi connectivity index (χ1v) is 8.29. The van der Waals surface area contributed by atoms with Crippen LogP contribution in [-0.2, 0) is 14.8 Å². The van der Waals surface area contributed by atoms with Crippen LogP contribution >= 0.6 is 11.3 Å². The van der Waals surface area contributed by atoms with Crippen LogP contribution < -0.4 is 0 Å². The summed E-state index contributed by atoms with van der Waals surface area (Å²) in [7, 11) is -3.62. The number of carboxylic acids is 1. The molecule has 0 bridgehead atoms. The summed E-state index contributed by atoms with van der Waals surface area (Å²) in [4.78, 5) is 11.5. The summed E-state index contributed by atoms with van der Waals surface area (Å²) in [6.45, 7) is 2.01. The number of hydrogen-bond donors (Lipinski definition) is 1. The van der Waals surface area contributed by atoms with Gasteiger partial charge in [-0.2, -0.15) is 9.57 Å². The summed E-state index contributed by atoms with van der Waals surface area (Å²) in [6.07, 6.45) is 0.579. The van der Waals surface area contributed by atoms with Crippen molar-refractivity contribution in [3.63, 3.8) is 0 Å². The SMILES string of the molecule is CC1(C(=O)O)CCN(S(=O)(=O)c2ccc(C#N)s2)CC1. The molecule has 1 fully saturated rings. The van der Waals surface area contributed by atoms with Gasteiger partial charge < -0.3 is 5.11 Å². The van der Waals surface area contributed by atoms with E-state index in [1.165, 1.54) is 16.4 Å². The van der Waals surface area contributed by atoms with Crippen LogP contribution in [0.2, 0.25) is 0 Å². The molecule has 0 aromatic carbocycles. The van der Waals surface area contributed by atoms with Crippen LogP contribution in [0, 0.1) is 16.7 Å². The minimum atomic E-state index is -3.62. The second kappa shape index (κ2) is 5.16. The van der Waals surface area contributed by atoms with Crippen LogP contribution in [0.25, 0.3) is 0 Å². The van der Waals surface area contributed by atoms with Gasteiger partial charge >= 0.3 is 5.97 Å². The highest BCUT2D eigenvalue weighted by atomic mass is 32.2. The van der Waals surface area contributed by atoms with Crippen LogP contribution in [-0.4, -0.2) is 36.9 Å². The Labute approximate surface area is 121 Å². The molecule has 2 heterocycles. The van der Waals surface area contributed by atoms with E-state index < -0.39 is 21.4 Å². The molecule has 108 valence electrons. The highest BCUT2D eigenvalue weighted by Gasteiger charge is 2.40. The number of rotatable bonds is 3. The Morgan fingerprint density at radius 3 is 2.50 bits per heavy atom. The number of sulfonamides is 1. The minimum Gasteiger partial charge on any atom is -0.481 e. The number of carbonyl (C=O) groups is 1. The Morgan fingerprint density at radius 2 is 2.05 bits per heavy atom. The van der Waals surface area contributed by atoms with E-state index in [2.05, 4.69) is 0 Å². The van der Waals surface area contributed by atoms with Crippen molar-refractivity contribution in [2.24, 2.45) is 5.41 Å². The van der Waals surface area contributed by atoms with Crippen LogP contribution in [0.5, 0.6) is 0 Å². The van der Waals surface area contributed by atoms with Crippen molar-refractivity contribution >= 4 is 27.3 Å². The molecule has 1 aliphatic rings. The van der Waals surface area contributed by atoms with Crippen molar-refractivity contribution in [1.82, 2.24) is 4.31 Å². The molecule has 1 N–H and O–H groups in total. The van der Waals surface area contributed by atoms with E-state index in [-0.39, 0.29) is 30.1 Å². The Bertz CT molecular complexity index is 664. The maximum atomic E-state index is 12.4. The maximum absolute atomic E-state index is 12.4. The fourth-order valence-corrected chi connectivity index (χ4v) is 4.78. The molecule has 1 saturated heterocycles. The van der Waals surface area contributed by atoms with Gasteiger partial charge in [0, 0.05) is 13.1 Å². The van der Waals surface area contributed by atoms with Gasteiger partial charge in [0.25, 0.3) is 10.0 Å². The molecule has 6 nitrogen and oxygen atoms in total. The maximum Gasteiger partial charge on any atom is 0.309 e. The minimum absolute atomic E-state index is 0.132. The fourth-order valence-electron chi connectivity index (χ4n) is 2.08. The van der Waals surface area contributed by atoms with Gasteiger partial charge in [0.2, 0.25) is 0 Å². The van der Waals surface area contributed by atoms with Gasteiger partial charge in [0.15, 0.2) is 0 Å². The quantitative estimate of drug-likeness (QED) is 0.911. The highest BCUT2D eigenvalue weighted by Crippen LogP contribution is 2.34. The second-order valence-corrected chi connectivity index (χ2v) is 8.25. The zero-order chi connectivity index (χ0) is 15.0. The van der Waals surface area contributed by atoms with Crippen molar-refractivity contribution in [2.45, 2.75) is 24.0 Å². The van der Waals surface area contributed by atoms with Gasteiger partial charge in [-0.15, -0.1) is 11.3 Å². The average Bonchev–Trinajstić information content (AvgIpc) is 2.88. The Morgan fingerprint density at radius 1 is 1.45 bits per heavy atom. The Kier molecular flexibility index (Phi) is 3.86. The van der Waals surface area contributed by atoms with Gasteiger partial charge in [-0.3, -0.25) is 4.79 Å². The van der Waals surface area contributed by atoms with Crippen molar-refractivity contribution in [2.75, 3.05) is 13.1 Å². The van der Waals surface area contributed by atoms with Crippen molar-refractivity contribution in [1.29, 1.82) is 5.26 Å². The van der Waals surface area contributed by atoms with E-state index in [0.717, 1.165) is 11.3 Å². The average molecular weight is 314 g/mol. The number of nitrogens with zero attached hydrogens (tertiary/aromatic N) is 2. The van der Waals surface area contributed by atoms with E-state index in [0.29, 0.717) is 4.88 Å². The number of carboxylic acid groups (broad SMARTS) is 1. The largest absolute Gasteiger partial charge is 0.481 e. The molecule has 0 aliphatic carbocycles. The summed E-state index contributed by atoms with van der Waals surface area (Å²) >= 11 is 0.933. The molecule has 1 aliphatic heterocycles. The summed E-state index contributed by atoms with van der Waals surface area (Å²) < 4.78 is 26.2. The third kappa shape index (κ3) is 2.57. The van der Waals surface area contributed by atoms with Gasteiger partial charge in [0.1, 0.15) is 15.2 Å². The summed E-state index contributed by atoms with van der Waals surface area (Å²) in [5.41, 5.74) is -0.862.